The Morgan fingerprint density at radius 1 is 1.50 bits per heavy atom. The Labute approximate surface area is 121 Å². The third kappa shape index (κ3) is 2.81. The van der Waals surface area contributed by atoms with Gasteiger partial charge in [-0.1, -0.05) is 11.6 Å². The standard InChI is InChI=1S/C9H6ClN3O5S2/c10-8-5(13(15)16)4-7(19-8)20(17,18)12-9-6(14)2-1-3-11-9/h1-4,14H,(H,11,12). The number of rotatable bonds is 4. The van der Waals surface area contributed by atoms with E-state index in [0.29, 0.717) is 11.3 Å². The summed E-state index contributed by atoms with van der Waals surface area (Å²) < 4.78 is 25.4. The number of hydrogen-bond acceptors (Lipinski definition) is 7. The summed E-state index contributed by atoms with van der Waals surface area (Å²) in [6.45, 7) is 0. The lowest BCUT2D eigenvalue weighted by atomic mass is 10.4. The summed E-state index contributed by atoms with van der Waals surface area (Å²) in [4.78, 5) is 13.5. The van der Waals surface area contributed by atoms with Gasteiger partial charge in [-0.05, 0) is 12.1 Å². The summed E-state index contributed by atoms with van der Waals surface area (Å²) in [7, 11) is -4.11. The van der Waals surface area contributed by atoms with Gasteiger partial charge < -0.3 is 5.11 Å². The Morgan fingerprint density at radius 3 is 2.75 bits per heavy atom. The zero-order valence-electron chi connectivity index (χ0n) is 9.48. The van der Waals surface area contributed by atoms with E-state index < -0.39 is 20.6 Å². The van der Waals surface area contributed by atoms with Crippen LogP contribution in [-0.2, 0) is 10.0 Å². The molecular weight excluding hydrogens is 330 g/mol. The first-order chi connectivity index (χ1) is 9.31. The molecule has 2 aromatic rings. The van der Waals surface area contributed by atoms with E-state index in [1.165, 1.54) is 18.3 Å². The highest BCUT2D eigenvalue weighted by molar-refractivity contribution is 7.94. The number of nitrogens with zero attached hydrogens (tertiary/aromatic N) is 2. The lowest BCUT2D eigenvalue weighted by molar-refractivity contribution is -0.384. The molecule has 0 saturated heterocycles. The van der Waals surface area contributed by atoms with E-state index >= 15 is 0 Å². The highest BCUT2D eigenvalue weighted by Gasteiger charge is 2.26. The first kappa shape index (κ1) is 14.5. The van der Waals surface area contributed by atoms with E-state index in [2.05, 4.69) is 4.98 Å². The fourth-order valence-electron chi connectivity index (χ4n) is 1.25. The van der Waals surface area contributed by atoms with Crippen molar-refractivity contribution in [3.8, 4) is 5.75 Å². The third-order valence-electron chi connectivity index (χ3n) is 2.13. The van der Waals surface area contributed by atoms with Gasteiger partial charge in [0.25, 0.3) is 15.7 Å². The number of anilines is 1. The summed E-state index contributed by atoms with van der Waals surface area (Å²) in [6, 6.07) is 3.50. The molecule has 2 heterocycles. The van der Waals surface area contributed by atoms with Crippen molar-refractivity contribution < 1.29 is 18.4 Å². The number of aromatic nitrogens is 1. The van der Waals surface area contributed by atoms with E-state index in [4.69, 9.17) is 11.6 Å². The minimum absolute atomic E-state index is 0.249. The van der Waals surface area contributed by atoms with Crippen LogP contribution in [0.25, 0.3) is 0 Å². The van der Waals surface area contributed by atoms with Crippen molar-refractivity contribution in [1.82, 2.24) is 4.98 Å². The van der Waals surface area contributed by atoms with Gasteiger partial charge in [0, 0.05) is 12.3 Å². The highest BCUT2D eigenvalue weighted by atomic mass is 35.5. The van der Waals surface area contributed by atoms with Crippen LogP contribution in [0.4, 0.5) is 11.5 Å². The number of aromatic hydroxyl groups is 1. The van der Waals surface area contributed by atoms with Crippen LogP contribution in [0.3, 0.4) is 0 Å². The second kappa shape index (κ2) is 5.23. The van der Waals surface area contributed by atoms with Gasteiger partial charge in [0.2, 0.25) is 0 Å². The molecule has 2 aromatic heterocycles. The Hall–Kier alpha value is -1.91. The van der Waals surface area contributed by atoms with E-state index in [0.717, 1.165) is 6.07 Å². The smallest absolute Gasteiger partial charge is 0.300 e. The molecule has 0 bridgehead atoms. The molecule has 0 aliphatic heterocycles. The van der Waals surface area contributed by atoms with Gasteiger partial charge in [0.15, 0.2) is 15.9 Å². The topological polar surface area (TPSA) is 122 Å². The van der Waals surface area contributed by atoms with Crippen molar-refractivity contribution in [2.75, 3.05) is 4.72 Å². The number of nitrogens with one attached hydrogen (secondary N) is 1. The summed E-state index contributed by atoms with van der Waals surface area (Å²) in [5.74, 6) is -0.645. The summed E-state index contributed by atoms with van der Waals surface area (Å²) in [5, 5.41) is 20.1. The number of nitro groups is 1. The van der Waals surface area contributed by atoms with Crippen molar-refractivity contribution in [3.05, 3.63) is 38.8 Å². The Kier molecular flexibility index (Phi) is 3.79. The minimum atomic E-state index is -4.11. The van der Waals surface area contributed by atoms with E-state index in [-0.39, 0.29) is 20.1 Å². The molecule has 0 radical (unpaired) electrons. The molecule has 0 fully saturated rings. The number of thiophene rings is 1. The monoisotopic (exact) mass is 335 g/mol. The molecule has 11 heteroatoms. The number of pyridine rings is 1. The van der Waals surface area contributed by atoms with Crippen LogP contribution in [0.2, 0.25) is 4.34 Å². The lowest BCUT2D eigenvalue weighted by Gasteiger charge is -2.05. The molecule has 0 saturated carbocycles. The molecule has 20 heavy (non-hydrogen) atoms. The molecule has 2 N–H and O–H groups in total. The molecule has 0 aromatic carbocycles. The van der Waals surface area contributed by atoms with Gasteiger partial charge in [-0.2, -0.15) is 0 Å². The zero-order valence-corrected chi connectivity index (χ0v) is 11.9. The Morgan fingerprint density at radius 2 is 2.20 bits per heavy atom. The molecule has 0 aliphatic rings. The van der Waals surface area contributed by atoms with Crippen molar-refractivity contribution >= 4 is 44.5 Å². The van der Waals surface area contributed by atoms with Crippen LogP contribution in [0.15, 0.2) is 28.6 Å². The molecule has 8 nitrogen and oxygen atoms in total. The SMILES string of the molecule is O=[N+]([O-])c1cc(S(=O)(=O)Nc2ncccc2O)sc1Cl. The van der Waals surface area contributed by atoms with E-state index in [9.17, 15) is 23.6 Å². The number of hydrogen-bond donors (Lipinski definition) is 2. The average Bonchev–Trinajstić information content (AvgIpc) is 2.75. The summed E-state index contributed by atoms with van der Waals surface area (Å²) >= 11 is 6.14. The molecule has 0 aliphatic carbocycles. The molecule has 0 spiro atoms. The van der Waals surface area contributed by atoms with Gasteiger partial charge in [0.1, 0.15) is 4.21 Å². The van der Waals surface area contributed by atoms with Crippen LogP contribution < -0.4 is 4.72 Å². The maximum Gasteiger partial charge on any atom is 0.300 e. The van der Waals surface area contributed by atoms with Crippen LogP contribution >= 0.6 is 22.9 Å². The Balaban J connectivity index is 2.39. The predicted octanol–water partition coefficient (Wildman–Crippen LogP) is 2.21. The normalized spacial score (nSPS) is 11.2. The van der Waals surface area contributed by atoms with Gasteiger partial charge >= 0.3 is 0 Å². The van der Waals surface area contributed by atoms with Crippen LogP contribution in [-0.4, -0.2) is 23.4 Å². The first-order valence-electron chi connectivity index (χ1n) is 4.92. The fraction of sp³-hybridized carbons (Fsp3) is 0. The highest BCUT2D eigenvalue weighted by Crippen LogP contribution is 2.37. The van der Waals surface area contributed by atoms with Crippen molar-refractivity contribution in [1.29, 1.82) is 0 Å². The minimum Gasteiger partial charge on any atom is -0.504 e. The number of halogens is 1. The van der Waals surface area contributed by atoms with Gasteiger partial charge in [-0.25, -0.2) is 13.4 Å². The maximum absolute atomic E-state index is 12.0. The molecule has 0 amide bonds. The zero-order chi connectivity index (χ0) is 14.9. The second-order valence-corrected chi connectivity index (χ2v) is 7.02. The average molecular weight is 336 g/mol. The van der Waals surface area contributed by atoms with Crippen molar-refractivity contribution in [2.45, 2.75) is 4.21 Å². The van der Waals surface area contributed by atoms with Crippen LogP contribution in [0, 0.1) is 10.1 Å². The van der Waals surface area contributed by atoms with Gasteiger partial charge in [-0.3, -0.25) is 14.8 Å². The quantitative estimate of drug-likeness (QED) is 0.652. The van der Waals surface area contributed by atoms with Crippen LogP contribution in [0.1, 0.15) is 0 Å². The van der Waals surface area contributed by atoms with E-state index in [1.807, 2.05) is 4.72 Å². The Bertz CT molecular complexity index is 774. The van der Waals surface area contributed by atoms with Gasteiger partial charge in [0.05, 0.1) is 4.92 Å². The first-order valence-corrected chi connectivity index (χ1v) is 7.59. The third-order valence-corrected chi connectivity index (χ3v) is 5.28. The molecule has 0 unspecified atom stereocenters. The molecule has 106 valence electrons. The van der Waals surface area contributed by atoms with Crippen LogP contribution in [0.5, 0.6) is 5.75 Å². The molecular formula is C9H6ClN3O5S2. The molecule has 2 rings (SSSR count). The molecule has 0 atom stereocenters. The maximum atomic E-state index is 12.0. The van der Waals surface area contributed by atoms with Gasteiger partial charge in [-0.15, -0.1) is 11.3 Å². The second-order valence-electron chi connectivity index (χ2n) is 3.46. The predicted molar refractivity (Wildman–Crippen MR) is 72.7 cm³/mol. The summed E-state index contributed by atoms with van der Waals surface area (Å²) in [6.07, 6.45) is 1.28. The number of sulfonamides is 1. The largest absolute Gasteiger partial charge is 0.504 e. The lowest BCUT2D eigenvalue weighted by Crippen LogP contribution is -2.12. The van der Waals surface area contributed by atoms with Crippen molar-refractivity contribution in [3.63, 3.8) is 0 Å². The van der Waals surface area contributed by atoms with Crippen molar-refractivity contribution in [2.24, 2.45) is 0 Å². The fourth-order valence-corrected chi connectivity index (χ4v) is 3.94. The summed E-state index contributed by atoms with van der Waals surface area (Å²) in [5.41, 5.74) is -0.498. The van der Waals surface area contributed by atoms with E-state index in [1.54, 1.807) is 0 Å².